The summed E-state index contributed by atoms with van der Waals surface area (Å²) in [5.74, 6) is 1.21. The highest BCUT2D eigenvalue weighted by molar-refractivity contribution is 6.30. The topological polar surface area (TPSA) is 38.3 Å². The predicted molar refractivity (Wildman–Crippen MR) is 95.6 cm³/mol. The van der Waals surface area contributed by atoms with Crippen LogP contribution in [-0.4, -0.2) is 5.91 Å². The maximum Gasteiger partial charge on any atom is 0.251 e. The zero-order valence-electron chi connectivity index (χ0n) is 12.9. The Balaban J connectivity index is 1.64. The van der Waals surface area contributed by atoms with Crippen LogP contribution in [0.25, 0.3) is 0 Å². The molecule has 3 aromatic rings. The van der Waals surface area contributed by atoms with Gasteiger partial charge in [0.25, 0.3) is 5.91 Å². The molecule has 0 aliphatic carbocycles. The average molecular weight is 338 g/mol. The number of carbonyl (C=O) groups excluding carboxylic acids is 1. The molecule has 24 heavy (non-hydrogen) atoms. The largest absolute Gasteiger partial charge is 0.457 e. The van der Waals surface area contributed by atoms with Crippen molar-refractivity contribution in [1.82, 2.24) is 5.32 Å². The molecule has 0 saturated carbocycles. The van der Waals surface area contributed by atoms with Crippen molar-refractivity contribution < 1.29 is 9.53 Å². The first-order chi connectivity index (χ1) is 11.7. The molecule has 3 nitrogen and oxygen atoms in total. The Kier molecular flexibility index (Phi) is 5.14. The van der Waals surface area contributed by atoms with Crippen LogP contribution in [0.5, 0.6) is 11.5 Å². The maximum atomic E-state index is 12.3. The Morgan fingerprint density at radius 2 is 1.58 bits per heavy atom. The number of amides is 1. The Bertz CT molecular complexity index is 817. The van der Waals surface area contributed by atoms with Crippen molar-refractivity contribution in [2.75, 3.05) is 0 Å². The predicted octanol–water partition coefficient (Wildman–Crippen LogP) is 5.06. The van der Waals surface area contributed by atoms with Crippen molar-refractivity contribution in [3.8, 4) is 11.5 Å². The Labute approximate surface area is 145 Å². The lowest BCUT2D eigenvalue weighted by atomic mass is 10.2. The summed E-state index contributed by atoms with van der Waals surface area (Å²) in [5, 5.41) is 3.56. The molecule has 0 unspecified atom stereocenters. The van der Waals surface area contributed by atoms with E-state index in [1.54, 1.807) is 30.3 Å². The number of para-hydroxylation sites is 1. The summed E-state index contributed by atoms with van der Waals surface area (Å²) < 4.78 is 5.75. The number of carbonyl (C=O) groups is 1. The SMILES string of the molecule is O=C(NCc1ccc(Cl)cc1)c1cccc(Oc2ccccc2)c1. The first-order valence-corrected chi connectivity index (χ1v) is 7.94. The summed E-state index contributed by atoms with van der Waals surface area (Å²) in [7, 11) is 0. The zero-order chi connectivity index (χ0) is 16.8. The third kappa shape index (κ3) is 4.37. The fourth-order valence-corrected chi connectivity index (χ4v) is 2.34. The Morgan fingerprint density at radius 1 is 0.875 bits per heavy atom. The van der Waals surface area contributed by atoms with E-state index < -0.39 is 0 Å². The van der Waals surface area contributed by atoms with Crippen LogP contribution in [0.4, 0.5) is 0 Å². The summed E-state index contributed by atoms with van der Waals surface area (Å²) >= 11 is 5.85. The summed E-state index contributed by atoms with van der Waals surface area (Å²) in [6.45, 7) is 0.444. The van der Waals surface area contributed by atoms with Crippen molar-refractivity contribution in [3.63, 3.8) is 0 Å². The summed E-state index contributed by atoms with van der Waals surface area (Å²) in [6, 6.07) is 23.9. The first-order valence-electron chi connectivity index (χ1n) is 7.56. The van der Waals surface area contributed by atoms with Crippen LogP contribution in [0.2, 0.25) is 5.02 Å². The molecular formula is C20H16ClNO2. The number of halogens is 1. The van der Waals surface area contributed by atoms with Crippen LogP contribution in [0.15, 0.2) is 78.9 Å². The fourth-order valence-electron chi connectivity index (χ4n) is 2.21. The van der Waals surface area contributed by atoms with Gasteiger partial charge in [0, 0.05) is 17.1 Å². The molecule has 3 aromatic carbocycles. The molecule has 0 atom stereocenters. The highest BCUT2D eigenvalue weighted by Crippen LogP contribution is 2.21. The molecule has 4 heteroatoms. The number of benzene rings is 3. The molecule has 0 radical (unpaired) electrons. The van der Waals surface area contributed by atoms with Crippen LogP contribution in [0.3, 0.4) is 0 Å². The van der Waals surface area contributed by atoms with Crippen molar-refractivity contribution in [1.29, 1.82) is 0 Å². The van der Waals surface area contributed by atoms with Crippen LogP contribution >= 0.6 is 11.6 Å². The molecule has 1 amide bonds. The minimum atomic E-state index is -0.150. The molecule has 0 bridgehead atoms. The van der Waals surface area contributed by atoms with Gasteiger partial charge in [-0.25, -0.2) is 0 Å². The van der Waals surface area contributed by atoms with Crippen molar-refractivity contribution in [2.24, 2.45) is 0 Å². The van der Waals surface area contributed by atoms with Gasteiger partial charge in [0.2, 0.25) is 0 Å². The van der Waals surface area contributed by atoms with E-state index in [1.165, 1.54) is 0 Å². The number of nitrogens with one attached hydrogen (secondary N) is 1. The van der Waals surface area contributed by atoms with Gasteiger partial charge in [-0.05, 0) is 48.0 Å². The van der Waals surface area contributed by atoms with E-state index in [4.69, 9.17) is 16.3 Å². The number of rotatable bonds is 5. The lowest BCUT2D eigenvalue weighted by Crippen LogP contribution is -2.22. The normalized spacial score (nSPS) is 10.2. The van der Waals surface area contributed by atoms with Gasteiger partial charge in [-0.2, -0.15) is 0 Å². The fraction of sp³-hybridized carbons (Fsp3) is 0.0500. The minimum absolute atomic E-state index is 0.150. The second-order valence-corrected chi connectivity index (χ2v) is 5.69. The third-order valence-electron chi connectivity index (χ3n) is 3.44. The van der Waals surface area contributed by atoms with Gasteiger partial charge in [0.05, 0.1) is 0 Å². The monoisotopic (exact) mass is 337 g/mol. The summed E-state index contributed by atoms with van der Waals surface area (Å²) in [4.78, 5) is 12.3. The smallest absolute Gasteiger partial charge is 0.251 e. The average Bonchev–Trinajstić information content (AvgIpc) is 2.62. The zero-order valence-corrected chi connectivity index (χ0v) is 13.7. The van der Waals surface area contributed by atoms with Crippen LogP contribution < -0.4 is 10.1 Å². The minimum Gasteiger partial charge on any atom is -0.457 e. The van der Waals surface area contributed by atoms with Crippen molar-refractivity contribution in [2.45, 2.75) is 6.54 Å². The quantitative estimate of drug-likeness (QED) is 0.706. The third-order valence-corrected chi connectivity index (χ3v) is 3.69. The van der Waals surface area contributed by atoms with E-state index in [1.807, 2.05) is 48.5 Å². The second kappa shape index (κ2) is 7.66. The lowest BCUT2D eigenvalue weighted by Gasteiger charge is -2.08. The summed E-state index contributed by atoms with van der Waals surface area (Å²) in [6.07, 6.45) is 0. The molecule has 0 heterocycles. The van der Waals surface area contributed by atoms with Crippen LogP contribution in [0.1, 0.15) is 15.9 Å². The van der Waals surface area contributed by atoms with Gasteiger partial charge in [-0.15, -0.1) is 0 Å². The Morgan fingerprint density at radius 3 is 2.33 bits per heavy atom. The Hall–Kier alpha value is -2.78. The van der Waals surface area contributed by atoms with Crippen LogP contribution in [0, 0.1) is 0 Å². The van der Waals surface area contributed by atoms with E-state index in [-0.39, 0.29) is 5.91 Å². The van der Waals surface area contributed by atoms with Gasteiger partial charge < -0.3 is 10.1 Å². The second-order valence-electron chi connectivity index (χ2n) is 5.25. The van der Waals surface area contributed by atoms with E-state index in [0.29, 0.717) is 22.9 Å². The number of hydrogen-bond acceptors (Lipinski definition) is 2. The van der Waals surface area contributed by atoms with Crippen LogP contribution in [-0.2, 0) is 6.54 Å². The molecule has 0 saturated heterocycles. The highest BCUT2D eigenvalue weighted by atomic mass is 35.5. The van der Waals surface area contributed by atoms with E-state index >= 15 is 0 Å². The van der Waals surface area contributed by atoms with Gasteiger partial charge in [0.15, 0.2) is 0 Å². The highest BCUT2D eigenvalue weighted by Gasteiger charge is 2.07. The van der Waals surface area contributed by atoms with Gasteiger partial charge in [0.1, 0.15) is 11.5 Å². The summed E-state index contributed by atoms with van der Waals surface area (Å²) in [5.41, 5.74) is 1.54. The number of hydrogen-bond donors (Lipinski definition) is 1. The van der Waals surface area contributed by atoms with E-state index in [9.17, 15) is 4.79 Å². The molecule has 0 spiro atoms. The molecular weight excluding hydrogens is 322 g/mol. The molecule has 0 fully saturated rings. The lowest BCUT2D eigenvalue weighted by molar-refractivity contribution is 0.0950. The standard InChI is InChI=1S/C20H16ClNO2/c21-17-11-9-15(10-12-17)14-22-20(23)16-5-4-8-19(13-16)24-18-6-2-1-3-7-18/h1-13H,14H2,(H,22,23). The molecule has 0 aliphatic rings. The molecule has 0 aliphatic heterocycles. The van der Waals surface area contributed by atoms with Gasteiger partial charge in [-0.3, -0.25) is 4.79 Å². The molecule has 120 valence electrons. The first kappa shape index (κ1) is 16.1. The van der Waals surface area contributed by atoms with E-state index in [0.717, 1.165) is 11.3 Å². The molecule has 0 aromatic heterocycles. The van der Waals surface area contributed by atoms with Gasteiger partial charge >= 0.3 is 0 Å². The van der Waals surface area contributed by atoms with Crippen molar-refractivity contribution >= 4 is 17.5 Å². The molecule has 1 N–H and O–H groups in total. The number of ether oxygens (including phenoxy) is 1. The molecule has 3 rings (SSSR count). The van der Waals surface area contributed by atoms with Gasteiger partial charge in [-0.1, -0.05) is 48.0 Å². The van der Waals surface area contributed by atoms with E-state index in [2.05, 4.69) is 5.32 Å². The van der Waals surface area contributed by atoms with Crippen molar-refractivity contribution in [3.05, 3.63) is 95.0 Å². The maximum absolute atomic E-state index is 12.3.